The number of esters is 2. The lowest BCUT2D eigenvalue weighted by Crippen LogP contribution is -2.37. The van der Waals surface area contributed by atoms with Crippen molar-refractivity contribution in [3.05, 3.63) is 24.3 Å². The van der Waals surface area contributed by atoms with Gasteiger partial charge in [0.15, 0.2) is 0 Å². The van der Waals surface area contributed by atoms with Crippen LogP contribution in [0.1, 0.15) is 26.7 Å². The molecule has 40 heavy (non-hydrogen) atoms. The van der Waals surface area contributed by atoms with Crippen LogP contribution >= 0.6 is 15.6 Å². The van der Waals surface area contributed by atoms with Gasteiger partial charge in [0.25, 0.3) is 0 Å². The number of urea groups is 1. The van der Waals surface area contributed by atoms with Gasteiger partial charge in [-0.2, -0.15) is 0 Å². The van der Waals surface area contributed by atoms with E-state index in [2.05, 4.69) is 32.8 Å². The summed E-state index contributed by atoms with van der Waals surface area (Å²) < 4.78 is 51.1. The molecule has 19 heteroatoms. The number of hydrogen-bond donors (Lipinski definition) is 6. The molecule has 0 heterocycles. The summed E-state index contributed by atoms with van der Waals surface area (Å²) in [7, 11) is -9.67. The predicted molar refractivity (Wildman–Crippen MR) is 138 cm³/mol. The van der Waals surface area contributed by atoms with Gasteiger partial charge in [-0.05, 0) is 26.7 Å². The summed E-state index contributed by atoms with van der Waals surface area (Å²) in [6.45, 7) is 8.63. The lowest BCUT2D eigenvalue weighted by atomic mass is 10.3. The molecule has 2 amide bonds. The van der Waals surface area contributed by atoms with Gasteiger partial charge in [0, 0.05) is 37.4 Å². The van der Waals surface area contributed by atoms with Gasteiger partial charge in [-0.15, -0.1) is 0 Å². The highest BCUT2D eigenvalue weighted by molar-refractivity contribution is 7.46. The van der Waals surface area contributed by atoms with Gasteiger partial charge in [0.2, 0.25) is 0 Å². The van der Waals surface area contributed by atoms with E-state index in [1.54, 1.807) is 0 Å². The van der Waals surface area contributed by atoms with E-state index in [0.29, 0.717) is 6.42 Å². The maximum Gasteiger partial charge on any atom is 0.469 e. The van der Waals surface area contributed by atoms with Crippen LogP contribution in [0, 0.1) is 0 Å². The fraction of sp³-hybridized carbons (Fsp3) is 0.667. The first-order valence-corrected chi connectivity index (χ1v) is 14.9. The highest BCUT2D eigenvalue weighted by atomic mass is 31.2. The van der Waals surface area contributed by atoms with Crippen molar-refractivity contribution in [3.8, 4) is 0 Å². The monoisotopic (exact) mass is 620 g/mol. The number of carbonyl (C=O) groups excluding carboxylic acids is 3. The molecule has 0 unspecified atom stereocenters. The van der Waals surface area contributed by atoms with E-state index in [-0.39, 0.29) is 57.1 Å². The van der Waals surface area contributed by atoms with Crippen molar-refractivity contribution in [1.82, 2.24) is 10.6 Å². The first-order valence-electron chi connectivity index (χ1n) is 11.8. The zero-order valence-electron chi connectivity index (χ0n) is 22.3. The molecule has 17 nitrogen and oxygen atoms in total. The third-order valence-electron chi connectivity index (χ3n) is 4.28. The van der Waals surface area contributed by atoms with Gasteiger partial charge in [0.05, 0.1) is 13.2 Å². The predicted octanol–water partition coefficient (Wildman–Crippen LogP) is 0.293. The molecule has 0 aliphatic heterocycles. The normalized spacial score (nSPS) is 11.8. The van der Waals surface area contributed by atoms with Crippen molar-refractivity contribution in [2.75, 3.05) is 52.7 Å². The molecule has 0 saturated heterocycles. The smallest absolute Gasteiger partial charge is 0.459 e. The third kappa shape index (κ3) is 22.6. The molecule has 0 rings (SSSR count). The number of amides is 2. The maximum absolute atomic E-state index is 11.9. The Bertz CT molecular complexity index is 877. The van der Waals surface area contributed by atoms with Gasteiger partial charge in [-0.1, -0.05) is 13.2 Å². The Morgan fingerprint density at radius 3 is 1.38 bits per heavy atom. The number of nitrogens with one attached hydrogen (secondary N) is 2. The van der Waals surface area contributed by atoms with Gasteiger partial charge in [-0.25, -0.2) is 23.5 Å². The summed E-state index contributed by atoms with van der Waals surface area (Å²) in [5.41, 5.74) is 0.393. The van der Waals surface area contributed by atoms with Gasteiger partial charge in [0.1, 0.15) is 25.4 Å². The summed E-state index contributed by atoms with van der Waals surface area (Å²) in [6.07, 6.45) is -1.32. The maximum atomic E-state index is 11.9. The molecule has 0 aliphatic rings. The quantitative estimate of drug-likeness (QED) is 0.0412. The highest BCUT2D eigenvalue weighted by Crippen LogP contribution is 2.38. The van der Waals surface area contributed by atoms with Crippen LogP contribution < -0.4 is 10.6 Å². The van der Waals surface area contributed by atoms with Crippen LogP contribution in [0.2, 0.25) is 0 Å². The van der Waals surface area contributed by atoms with E-state index in [0.717, 1.165) is 0 Å². The molecule has 0 atom stereocenters. The second-order valence-electron chi connectivity index (χ2n) is 8.21. The Morgan fingerprint density at radius 1 is 0.700 bits per heavy atom. The van der Waals surface area contributed by atoms with E-state index < -0.39 is 59.0 Å². The zero-order valence-corrected chi connectivity index (χ0v) is 24.1. The van der Waals surface area contributed by atoms with Crippen molar-refractivity contribution in [3.63, 3.8) is 0 Å². The SMILES string of the molecule is C=C(C)C(=O)OCC(COC(=O)C(=C)C)OCCCNC(=O)NCCCOC(COP(=O)(O)O)COP(=O)(O)O. The van der Waals surface area contributed by atoms with E-state index >= 15 is 0 Å². The lowest BCUT2D eigenvalue weighted by Gasteiger charge is -2.19. The second-order valence-corrected chi connectivity index (χ2v) is 10.7. The average molecular weight is 620 g/mol. The Balaban J connectivity index is 4.29. The molecule has 0 saturated carbocycles. The second kappa shape index (κ2) is 19.8. The minimum absolute atomic E-state index is 0.0544. The number of ether oxygens (including phenoxy) is 4. The number of phosphoric acid groups is 2. The van der Waals surface area contributed by atoms with Gasteiger partial charge >= 0.3 is 33.6 Å². The lowest BCUT2D eigenvalue weighted by molar-refractivity contribution is -0.150. The molecule has 0 aliphatic carbocycles. The first-order chi connectivity index (χ1) is 18.5. The van der Waals surface area contributed by atoms with Crippen molar-refractivity contribution in [1.29, 1.82) is 0 Å². The highest BCUT2D eigenvalue weighted by Gasteiger charge is 2.23. The van der Waals surface area contributed by atoms with Crippen molar-refractivity contribution in [2.24, 2.45) is 0 Å². The van der Waals surface area contributed by atoms with Crippen LogP contribution in [0.25, 0.3) is 0 Å². The fourth-order valence-corrected chi connectivity index (χ4v) is 3.06. The summed E-state index contributed by atoms with van der Waals surface area (Å²) in [5.74, 6) is -1.24. The topological polar surface area (TPSA) is 246 Å². The van der Waals surface area contributed by atoms with E-state index in [9.17, 15) is 23.5 Å². The van der Waals surface area contributed by atoms with Crippen LogP contribution in [0.5, 0.6) is 0 Å². The summed E-state index contributed by atoms with van der Waals surface area (Å²) in [6, 6.07) is -0.506. The molecule has 0 aromatic heterocycles. The van der Waals surface area contributed by atoms with Crippen LogP contribution in [0.3, 0.4) is 0 Å². The number of rotatable bonds is 22. The fourth-order valence-electron chi connectivity index (χ4n) is 2.34. The molecular weight excluding hydrogens is 582 g/mol. The molecule has 0 aromatic carbocycles. The van der Waals surface area contributed by atoms with E-state index in [1.165, 1.54) is 13.8 Å². The van der Waals surface area contributed by atoms with E-state index in [4.69, 9.17) is 38.5 Å². The summed E-state index contributed by atoms with van der Waals surface area (Å²) in [5, 5.41) is 5.12. The number of phosphoric ester groups is 2. The molecule has 232 valence electrons. The number of hydrogen-bond acceptors (Lipinski definition) is 11. The van der Waals surface area contributed by atoms with Crippen molar-refractivity contribution in [2.45, 2.75) is 38.9 Å². The van der Waals surface area contributed by atoms with Crippen LogP contribution in [0.15, 0.2) is 24.3 Å². The van der Waals surface area contributed by atoms with Gasteiger partial charge < -0.3 is 49.2 Å². The Labute approximate surface area is 231 Å². The zero-order chi connectivity index (χ0) is 30.8. The standard InChI is InChI=1S/C21H38N2O15P2/c1-15(2)19(24)35-11-17(12-36-20(25)16(3)4)33-9-5-7-22-21(26)23-8-6-10-34-18(13-37-39(27,28)29)14-38-40(30,31)32/h17-18H,1,3,5-14H2,2,4H3,(H2,22,23,26)(H2,27,28,29)(H2,30,31,32). The van der Waals surface area contributed by atoms with Crippen molar-refractivity contribution >= 4 is 33.6 Å². The Morgan fingerprint density at radius 2 is 1.05 bits per heavy atom. The van der Waals surface area contributed by atoms with Crippen LogP contribution in [-0.4, -0.2) is 102 Å². The molecule has 0 spiro atoms. The molecular formula is C21H38N2O15P2. The first kappa shape index (κ1) is 37.8. The minimum Gasteiger partial charge on any atom is -0.459 e. The molecule has 0 bridgehead atoms. The molecule has 0 fully saturated rings. The third-order valence-corrected chi connectivity index (χ3v) is 5.25. The number of carbonyl (C=O) groups is 3. The summed E-state index contributed by atoms with van der Waals surface area (Å²) in [4.78, 5) is 70.1. The molecule has 0 radical (unpaired) electrons. The van der Waals surface area contributed by atoms with Gasteiger partial charge in [-0.3, -0.25) is 9.05 Å². The molecule has 6 N–H and O–H groups in total. The minimum atomic E-state index is -4.84. The Kier molecular flexibility index (Phi) is 18.8. The van der Waals surface area contributed by atoms with Crippen LogP contribution in [-0.2, 0) is 46.7 Å². The Hall–Kier alpha value is -2.17. The summed E-state index contributed by atoms with van der Waals surface area (Å²) >= 11 is 0. The molecule has 0 aromatic rings. The van der Waals surface area contributed by atoms with E-state index in [1.807, 2.05) is 0 Å². The largest absolute Gasteiger partial charge is 0.469 e. The van der Waals surface area contributed by atoms with Crippen molar-refractivity contribution < 1.29 is 71.1 Å². The van der Waals surface area contributed by atoms with Crippen LogP contribution in [0.4, 0.5) is 4.79 Å². The average Bonchev–Trinajstić information content (AvgIpc) is 2.84.